The van der Waals surface area contributed by atoms with Crippen LogP contribution >= 0.6 is 23.4 Å². The van der Waals surface area contributed by atoms with Crippen molar-refractivity contribution in [3.63, 3.8) is 0 Å². The number of nitrogens with zero attached hydrogens (tertiary/aromatic N) is 1. The van der Waals surface area contributed by atoms with E-state index in [9.17, 15) is 9.59 Å². The maximum atomic E-state index is 13.2. The predicted octanol–water partition coefficient (Wildman–Crippen LogP) is 5.46. The number of thioether (sulfide) groups is 1. The maximum Gasteiger partial charge on any atom is 0.243 e. The Bertz CT molecular complexity index is 841. The number of halogens is 1. The summed E-state index contributed by atoms with van der Waals surface area (Å²) in [6.45, 7) is 8.40. The summed E-state index contributed by atoms with van der Waals surface area (Å²) >= 11 is 7.40. The first kappa shape index (κ1) is 24.3. The van der Waals surface area contributed by atoms with Gasteiger partial charge in [-0.25, -0.2) is 0 Å². The van der Waals surface area contributed by atoms with E-state index in [-0.39, 0.29) is 23.6 Å². The second kappa shape index (κ2) is 12.0. The van der Waals surface area contributed by atoms with Gasteiger partial charge in [0.2, 0.25) is 11.8 Å². The van der Waals surface area contributed by atoms with Gasteiger partial charge in [-0.3, -0.25) is 9.59 Å². The molecule has 30 heavy (non-hydrogen) atoms. The van der Waals surface area contributed by atoms with Crippen LogP contribution in [0.5, 0.6) is 0 Å². The smallest absolute Gasteiger partial charge is 0.243 e. The number of amides is 2. The maximum absolute atomic E-state index is 13.2. The summed E-state index contributed by atoms with van der Waals surface area (Å²) in [5.74, 6) is 0.118. The summed E-state index contributed by atoms with van der Waals surface area (Å²) in [5.41, 5.74) is 2.15. The van der Waals surface area contributed by atoms with E-state index >= 15 is 0 Å². The average molecular weight is 447 g/mol. The molecular weight excluding hydrogens is 416 g/mol. The van der Waals surface area contributed by atoms with E-state index in [1.165, 1.54) is 11.8 Å². The molecule has 0 saturated heterocycles. The van der Waals surface area contributed by atoms with Crippen LogP contribution in [0.4, 0.5) is 0 Å². The molecular formula is C24H31ClN2O2S. The molecule has 2 rings (SSSR count). The molecule has 6 heteroatoms. The average Bonchev–Trinajstić information content (AvgIpc) is 2.72. The highest BCUT2D eigenvalue weighted by Gasteiger charge is 2.29. The van der Waals surface area contributed by atoms with Gasteiger partial charge in [0.05, 0.1) is 5.75 Å². The van der Waals surface area contributed by atoms with Gasteiger partial charge in [-0.05, 0) is 56.5 Å². The number of rotatable bonds is 10. The zero-order valence-electron chi connectivity index (χ0n) is 18.2. The van der Waals surface area contributed by atoms with Crippen LogP contribution < -0.4 is 5.32 Å². The second-order valence-electron chi connectivity index (χ2n) is 7.50. The Balaban J connectivity index is 2.20. The molecule has 0 heterocycles. The van der Waals surface area contributed by atoms with Crippen LogP contribution in [0.25, 0.3) is 0 Å². The molecule has 0 aliphatic carbocycles. The third-order valence-corrected chi connectivity index (χ3v) is 6.25. The van der Waals surface area contributed by atoms with Gasteiger partial charge in [0, 0.05) is 22.5 Å². The van der Waals surface area contributed by atoms with Gasteiger partial charge in [-0.2, -0.15) is 0 Å². The van der Waals surface area contributed by atoms with Crippen molar-refractivity contribution in [3.8, 4) is 0 Å². The van der Waals surface area contributed by atoms with E-state index < -0.39 is 6.04 Å². The minimum atomic E-state index is -0.502. The van der Waals surface area contributed by atoms with Crippen LogP contribution in [-0.4, -0.2) is 34.6 Å². The lowest BCUT2D eigenvalue weighted by Gasteiger charge is -2.31. The molecule has 0 fully saturated rings. The number of aryl methyl sites for hydroxylation is 1. The summed E-state index contributed by atoms with van der Waals surface area (Å²) in [7, 11) is 0. The van der Waals surface area contributed by atoms with E-state index in [1.807, 2.05) is 70.2 Å². The quantitative estimate of drug-likeness (QED) is 0.493. The molecule has 0 aliphatic heterocycles. The van der Waals surface area contributed by atoms with Gasteiger partial charge in [0.25, 0.3) is 0 Å². The highest BCUT2D eigenvalue weighted by atomic mass is 35.5. The van der Waals surface area contributed by atoms with Crippen LogP contribution in [0.3, 0.4) is 0 Å². The van der Waals surface area contributed by atoms with Crippen LogP contribution in [0.2, 0.25) is 5.02 Å². The van der Waals surface area contributed by atoms with Gasteiger partial charge in [-0.15, -0.1) is 11.8 Å². The molecule has 4 nitrogen and oxygen atoms in total. The number of nitrogens with one attached hydrogen (secondary N) is 1. The molecule has 0 aliphatic rings. The molecule has 2 atom stereocenters. The molecule has 0 spiro atoms. The third kappa shape index (κ3) is 7.37. The van der Waals surface area contributed by atoms with Crippen molar-refractivity contribution < 1.29 is 9.59 Å². The van der Waals surface area contributed by atoms with Gasteiger partial charge >= 0.3 is 0 Å². The van der Waals surface area contributed by atoms with Crippen molar-refractivity contribution in [1.82, 2.24) is 10.2 Å². The highest BCUT2D eigenvalue weighted by Crippen LogP contribution is 2.22. The van der Waals surface area contributed by atoms with E-state index in [2.05, 4.69) is 11.4 Å². The summed E-state index contributed by atoms with van der Waals surface area (Å²) in [6.07, 6.45) is 1.41. The fourth-order valence-electron chi connectivity index (χ4n) is 3.13. The second-order valence-corrected chi connectivity index (χ2v) is 8.98. The van der Waals surface area contributed by atoms with Gasteiger partial charge < -0.3 is 10.2 Å². The van der Waals surface area contributed by atoms with Crippen molar-refractivity contribution >= 4 is 35.2 Å². The summed E-state index contributed by atoms with van der Waals surface area (Å²) < 4.78 is 0. The Kier molecular flexibility index (Phi) is 9.73. The summed E-state index contributed by atoms with van der Waals surface area (Å²) in [6, 6.07) is 15.1. The Morgan fingerprint density at radius 1 is 1.10 bits per heavy atom. The first-order valence-electron chi connectivity index (χ1n) is 10.4. The molecule has 0 bridgehead atoms. The highest BCUT2D eigenvalue weighted by molar-refractivity contribution is 8.00. The van der Waals surface area contributed by atoms with Crippen LogP contribution in [0.15, 0.2) is 53.4 Å². The van der Waals surface area contributed by atoms with Gasteiger partial charge in [0.1, 0.15) is 6.04 Å². The Morgan fingerprint density at radius 2 is 1.80 bits per heavy atom. The Labute approximate surface area is 189 Å². The van der Waals surface area contributed by atoms with Gasteiger partial charge in [0.15, 0.2) is 0 Å². The number of carbonyl (C=O) groups is 2. The summed E-state index contributed by atoms with van der Waals surface area (Å²) in [5, 5.41) is 3.71. The predicted molar refractivity (Wildman–Crippen MR) is 126 cm³/mol. The van der Waals surface area contributed by atoms with Crippen molar-refractivity contribution in [2.45, 2.75) is 64.1 Å². The molecule has 0 saturated carbocycles. The Hall–Kier alpha value is -1.98. The van der Waals surface area contributed by atoms with Crippen LogP contribution in [0.1, 0.15) is 44.7 Å². The topological polar surface area (TPSA) is 49.4 Å². The first-order chi connectivity index (χ1) is 14.3. The minimum Gasteiger partial charge on any atom is -0.352 e. The molecule has 2 amide bonds. The van der Waals surface area contributed by atoms with Crippen LogP contribution in [0, 0.1) is 6.92 Å². The van der Waals surface area contributed by atoms with E-state index in [0.29, 0.717) is 18.0 Å². The minimum absolute atomic E-state index is 0.0531. The lowest BCUT2D eigenvalue weighted by atomic mass is 10.1. The number of hydrogen-bond donors (Lipinski definition) is 1. The molecule has 0 radical (unpaired) electrons. The van der Waals surface area contributed by atoms with Crippen molar-refractivity contribution in [1.29, 1.82) is 0 Å². The first-order valence-corrected chi connectivity index (χ1v) is 11.7. The monoisotopic (exact) mass is 446 g/mol. The largest absolute Gasteiger partial charge is 0.352 e. The number of benzene rings is 2. The van der Waals surface area contributed by atoms with Crippen molar-refractivity contribution in [2.75, 3.05) is 5.75 Å². The fourth-order valence-corrected chi connectivity index (χ4v) is 4.04. The van der Waals surface area contributed by atoms with Crippen molar-refractivity contribution in [3.05, 3.63) is 64.7 Å². The third-order valence-electron chi connectivity index (χ3n) is 5.00. The van der Waals surface area contributed by atoms with E-state index in [4.69, 9.17) is 11.6 Å². The van der Waals surface area contributed by atoms with Crippen molar-refractivity contribution in [2.24, 2.45) is 0 Å². The lowest BCUT2D eigenvalue weighted by Crippen LogP contribution is -2.51. The zero-order chi connectivity index (χ0) is 22.1. The SMILES string of the molecule is CC[C@H](C)NC(=O)[C@H](CC)N(Cc1cccc(C)c1)C(=O)CSc1ccc(Cl)cc1. The molecule has 162 valence electrons. The number of carbonyl (C=O) groups excluding carboxylic acids is 2. The van der Waals surface area contributed by atoms with Gasteiger partial charge in [-0.1, -0.05) is 55.3 Å². The molecule has 2 aromatic carbocycles. The molecule has 2 aromatic rings. The Morgan fingerprint density at radius 3 is 2.40 bits per heavy atom. The van der Waals surface area contributed by atoms with E-state index in [1.54, 1.807) is 4.90 Å². The van der Waals surface area contributed by atoms with E-state index in [0.717, 1.165) is 22.4 Å². The normalized spacial score (nSPS) is 12.8. The fraction of sp³-hybridized carbons (Fsp3) is 0.417. The molecule has 1 N–H and O–H groups in total. The summed E-state index contributed by atoms with van der Waals surface area (Å²) in [4.78, 5) is 28.9. The zero-order valence-corrected chi connectivity index (χ0v) is 19.7. The standard InChI is InChI=1S/C24H31ClN2O2S/c1-5-18(4)26-24(29)22(6-2)27(15-19-9-7-8-17(3)14-19)23(28)16-30-21-12-10-20(25)11-13-21/h7-14,18,22H,5-6,15-16H2,1-4H3,(H,26,29)/t18-,22-/m0/s1. The molecule has 0 aromatic heterocycles. The molecule has 0 unspecified atom stereocenters. The number of hydrogen-bond acceptors (Lipinski definition) is 3. The van der Waals surface area contributed by atoms with Crippen LogP contribution in [-0.2, 0) is 16.1 Å². The lowest BCUT2D eigenvalue weighted by molar-refractivity contribution is -0.139.